The highest BCUT2D eigenvalue weighted by molar-refractivity contribution is 7.99. The average molecular weight is 289 g/mol. The first-order valence-corrected chi connectivity index (χ1v) is 6.58. The molecule has 5 atom stereocenters. The Hall–Kier alpha value is -0.900. The Morgan fingerprint density at radius 1 is 1.21 bits per heavy atom. The van der Waals surface area contributed by atoms with Gasteiger partial charge in [0, 0.05) is 12.1 Å². The number of aliphatic hydroxyl groups excluding tert-OH is 4. The maximum Gasteiger partial charge on any atom is 0.253 e. The van der Waals surface area contributed by atoms with Crippen molar-refractivity contribution in [2.24, 2.45) is 0 Å². The van der Waals surface area contributed by atoms with Crippen LogP contribution in [0.2, 0.25) is 0 Å². The molecule has 0 unspecified atom stereocenters. The number of aliphatic hydroxyl groups is 4. The molecule has 2 rings (SSSR count). The number of hydrogen-bond acceptors (Lipinski definition) is 7. The number of rotatable bonds is 3. The minimum atomic E-state index is -1.44. The highest BCUT2D eigenvalue weighted by Gasteiger charge is 2.44. The van der Waals surface area contributed by atoms with Crippen molar-refractivity contribution < 1.29 is 29.9 Å². The van der Waals surface area contributed by atoms with Crippen molar-refractivity contribution in [3.05, 3.63) is 29.6 Å². The van der Waals surface area contributed by atoms with Crippen molar-refractivity contribution in [3.8, 4) is 0 Å². The highest BCUT2D eigenvalue weighted by Crippen LogP contribution is 2.31. The normalized spacial score (nSPS) is 35.3. The van der Waals surface area contributed by atoms with Gasteiger partial charge in [-0.2, -0.15) is 4.73 Å². The van der Waals surface area contributed by atoms with E-state index in [1.165, 1.54) is 6.20 Å². The van der Waals surface area contributed by atoms with Crippen LogP contribution in [0.4, 0.5) is 0 Å². The molecule has 0 aromatic carbocycles. The molecule has 0 saturated carbocycles. The smallest absolute Gasteiger partial charge is 0.253 e. The first kappa shape index (κ1) is 14.5. The molecule has 1 aliphatic rings. The zero-order valence-corrected chi connectivity index (χ0v) is 10.7. The van der Waals surface area contributed by atoms with E-state index in [0.29, 0.717) is 4.73 Å². The van der Waals surface area contributed by atoms with E-state index in [9.17, 15) is 20.5 Å². The van der Waals surface area contributed by atoms with Gasteiger partial charge in [-0.3, -0.25) is 0 Å². The topological polar surface area (TPSA) is 117 Å². The van der Waals surface area contributed by atoms with Crippen LogP contribution in [-0.2, 0) is 4.74 Å². The lowest BCUT2D eigenvalue weighted by Gasteiger charge is -2.39. The Balaban J connectivity index is 2.13. The van der Waals surface area contributed by atoms with Crippen molar-refractivity contribution in [2.75, 3.05) is 6.61 Å². The van der Waals surface area contributed by atoms with Crippen LogP contribution in [0.25, 0.3) is 0 Å². The summed E-state index contributed by atoms with van der Waals surface area (Å²) in [6.07, 6.45) is -3.87. The number of hydrogen-bond donors (Lipinski definition) is 4. The van der Waals surface area contributed by atoms with Crippen molar-refractivity contribution in [1.29, 1.82) is 0 Å². The fourth-order valence-electron chi connectivity index (χ4n) is 1.79. The number of nitrogens with zero attached hydrogens (tertiary/aromatic N) is 1. The van der Waals surface area contributed by atoms with E-state index >= 15 is 0 Å². The Bertz CT molecular complexity index is 431. The van der Waals surface area contributed by atoms with Gasteiger partial charge < -0.3 is 30.4 Å². The SMILES string of the molecule is [O-][n+]1ccccc1S[C@@H]1O[C@H](CO)[C@@H](O)[C@H](O)[C@H]1O. The van der Waals surface area contributed by atoms with E-state index in [4.69, 9.17) is 9.84 Å². The summed E-state index contributed by atoms with van der Waals surface area (Å²) >= 11 is 0.920. The van der Waals surface area contributed by atoms with Crippen molar-refractivity contribution in [3.63, 3.8) is 0 Å². The summed E-state index contributed by atoms with van der Waals surface area (Å²) in [5, 5.41) is 49.9. The zero-order chi connectivity index (χ0) is 14.0. The second-order valence-corrected chi connectivity index (χ2v) is 5.30. The first-order chi connectivity index (χ1) is 9.04. The second-order valence-electron chi connectivity index (χ2n) is 4.18. The molecule has 0 radical (unpaired) electrons. The number of thioether (sulfide) groups is 1. The van der Waals surface area contributed by atoms with E-state index in [1.807, 2.05) is 0 Å². The predicted octanol–water partition coefficient (Wildman–Crippen LogP) is -1.79. The van der Waals surface area contributed by atoms with Crippen LogP contribution in [0, 0.1) is 5.21 Å². The van der Waals surface area contributed by atoms with E-state index in [0.717, 1.165) is 11.8 Å². The molecule has 106 valence electrons. The molecule has 4 N–H and O–H groups in total. The molecular weight excluding hydrogens is 274 g/mol. The fraction of sp³-hybridized carbons (Fsp3) is 0.545. The molecule has 2 heterocycles. The summed E-state index contributed by atoms with van der Waals surface area (Å²) in [6, 6.07) is 4.75. The maximum atomic E-state index is 11.5. The van der Waals surface area contributed by atoms with Gasteiger partial charge in [0.25, 0.3) is 5.03 Å². The number of ether oxygens (including phenoxy) is 1. The van der Waals surface area contributed by atoms with Gasteiger partial charge in [-0.05, 0) is 17.8 Å². The molecule has 1 aliphatic heterocycles. The largest absolute Gasteiger partial charge is 0.618 e. The summed E-state index contributed by atoms with van der Waals surface area (Å²) in [5.74, 6) is 0. The quantitative estimate of drug-likeness (QED) is 0.383. The summed E-state index contributed by atoms with van der Waals surface area (Å²) in [6.45, 7) is -0.492. The summed E-state index contributed by atoms with van der Waals surface area (Å²) < 4.78 is 5.89. The van der Waals surface area contributed by atoms with Crippen LogP contribution >= 0.6 is 11.8 Å². The Labute approximate surface area is 113 Å². The van der Waals surface area contributed by atoms with Crippen LogP contribution < -0.4 is 4.73 Å². The molecule has 1 fully saturated rings. The van der Waals surface area contributed by atoms with Crippen LogP contribution in [0.3, 0.4) is 0 Å². The van der Waals surface area contributed by atoms with Gasteiger partial charge in [0.2, 0.25) is 0 Å². The standard InChI is InChI=1S/C11H15NO6S/c13-5-6-8(14)9(15)10(16)11(18-6)19-7-3-1-2-4-12(7)17/h1-4,6,8-11,13-16H,5H2/t6-,8-,9+,10-,11+/m1/s1. The third-order valence-corrected chi connectivity index (χ3v) is 4.05. The fourth-order valence-corrected chi connectivity index (χ4v) is 2.85. The third kappa shape index (κ3) is 2.99. The van der Waals surface area contributed by atoms with E-state index in [1.54, 1.807) is 18.2 Å². The van der Waals surface area contributed by atoms with E-state index in [-0.39, 0.29) is 5.03 Å². The van der Waals surface area contributed by atoms with Crippen molar-refractivity contribution in [2.45, 2.75) is 34.9 Å². The van der Waals surface area contributed by atoms with Gasteiger partial charge in [0.1, 0.15) is 29.9 Å². The maximum absolute atomic E-state index is 11.5. The molecule has 0 bridgehead atoms. The van der Waals surface area contributed by atoms with Crippen molar-refractivity contribution in [1.82, 2.24) is 0 Å². The van der Waals surface area contributed by atoms with E-state index in [2.05, 4.69) is 0 Å². The second kappa shape index (κ2) is 6.04. The van der Waals surface area contributed by atoms with Gasteiger partial charge in [-0.15, -0.1) is 0 Å². The lowest BCUT2D eigenvalue weighted by atomic mass is 10.0. The summed E-state index contributed by atoms with van der Waals surface area (Å²) in [7, 11) is 0. The summed E-state index contributed by atoms with van der Waals surface area (Å²) in [4.78, 5) is 0. The van der Waals surface area contributed by atoms with Crippen LogP contribution in [-0.4, -0.2) is 56.9 Å². The molecular formula is C11H15NO6S. The minimum absolute atomic E-state index is 0.284. The van der Waals surface area contributed by atoms with Crippen LogP contribution in [0.5, 0.6) is 0 Å². The van der Waals surface area contributed by atoms with Gasteiger partial charge in [0.15, 0.2) is 6.20 Å². The van der Waals surface area contributed by atoms with Crippen LogP contribution in [0.15, 0.2) is 29.4 Å². The monoisotopic (exact) mass is 289 g/mol. The Morgan fingerprint density at radius 3 is 2.58 bits per heavy atom. The highest BCUT2D eigenvalue weighted by atomic mass is 32.2. The molecule has 0 amide bonds. The van der Waals surface area contributed by atoms with Gasteiger partial charge in [0.05, 0.1) is 6.61 Å². The van der Waals surface area contributed by atoms with E-state index < -0.39 is 36.5 Å². The summed E-state index contributed by atoms with van der Waals surface area (Å²) in [5.41, 5.74) is -0.946. The molecule has 1 aromatic heterocycles. The van der Waals surface area contributed by atoms with Gasteiger partial charge >= 0.3 is 0 Å². The average Bonchev–Trinajstić information content (AvgIpc) is 2.41. The number of pyridine rings is 1. The lowest BCUT2D eigenvalue weighted by molar-refractivity contribution is -0.645. The van der Waals surface area contributed by atoms with Gasteiger partial charge in [-0.1, -0.05) is 0 Å². The molecule has 1 saturated heterocycles. The van der Waals surface area contributed by atoms with Crippen LogP contribution in [0.1, 0.15) is 0 Å². The Kier molecular flexibility index (Phi) is 4.61. The molecule has 0 aliphatic carbocycles. The molecule has 7 nitrogen and oxygen atoms in total. The molecule has 1 aromatic rings. The third-order valence-electron chi connectivity index (χ3n) is 2.87. The Morgan fingerprint density at radius 2 is 1.95 bits per heavy atom. The lowest BCUT2D eigenvalue weighted by Crippen LogP contribution is -2.57. The molecule has 0 spiro atoms. The zero-order valence-electron chi connectivity index (χ0n) is 9.86. The molecule has 19 heavy (non-hydrogen) atoms. The van der Waals surface area contributed by atoms with Crippen molar-refractivity contribution >= 4 is 11.8 Å². The number of aromatic nitrogens is 1. The van der Waals surface area contributed by atoms with Gasteiger partial charge in [-0.25, -0.2) is 0 Å². The first-order valence-electron chi connectivity index (χ1n) is 5.70. The predicted molar refractivity (Wildman–Crippen MR) is 65.0 cm³/mol. The minimum Gasteiger partial charge on any atom is -0.618 e. The molecule has 8 heteroatoms.